The minimum Gasteiger partial charge on any atom is -0.467 e. The third-order valence-electron chi connectivity index (χ3n) is 7.13. The summed E-state index contributed by atoms with van der Waals surface area (Å²) in [6.45, 7) is 3.04. The number of piperidine rings is 1. The highest BCUT2D eigenvalue weighted by Gasteiger charge is 2.37. The lowest BCUT2D eigenvalue weighted by molar-refractivity contribution is -0.147. The molecular formula is C30H35N5O3S. The maximum absolute atomic E-state index is 13.7. The van der Waals surface area contributed by atoms with E-state index in [1.165, 1.54) is 7.11 Å². The molecule has 1 aromatic heterocycles. The smallest absolute Gasteiger partial charge is 0.328 e. The molecule has 8 nitrogen and oxygen atoms in total. The summed E-state index contributed by atoms with van der Waals surface area (Å²) >= 11 is 1.66. The first kappa shape index (κ1) is 28.4. The summed E-state index contributed by atoms with van der Waals surface area (Å²) < 4.78 is 7.20. The molecule has 0 N–H and O–H groups in total. The van der Waals surface area contributed by atoms with E-state index in [2.05, 4.69) is 26.7 Å². The van der Waals surface area contributed by atoms with Crippen molar-refractivity contribution in [2.45, 2.75) is 44.4 Å². The Balaban J connectivity index is 1.41. The Morgan fingerprint density at radius 2 is 1.85 bits per heavy atom. The molecule has 204 valence electrons. The SMILES string of the molecule is COC(=O)[C@H](CCSC)N(C(=O)c1ccccc1)C1CCN(Cc2cn(Cc3ccc(C#N)cc3)cn2)CC1. The van der Waals surface area contributed by atoms with Crippen LogP contribution in [0.1, 0.15) is 46.4 Å². The number of imidazole rings is 1. The quantitative estimate of drug-likeness (QED) is 0.334. The van der Waals surface area contributed by atoms with Gasteiger partial charge in [-0.25, -0.2) is 9.78 Å². The molecule has 1 fully saturated rings. The van der Waals surface area contributed by atoms with Crippen LogP contribution in [0.4, 0.5) is 0 Å². The summed E-state index contributed by atoms with van der Waals surface area (Å²) in [6.07, 6.45) is 8.01. The van der Waals surface area contributed by atoms with Gasteiger partial charge in [-0.05, 0) is 61.1 Å². The Morgan fingerprint density at radius 3 is 2.49 bits per heavy atom. The van der Waals surface area contributed by atoms with E-state index in [1.807, 2.05) is 67.2 Å². The predicted molar refractivity (Wildman–Crippen MR) is 152 cm³/mol. The second kappa shape index (κ2) is 14.0. The van der Waals surface area contributed by atoms with Gasteiger partial charge in [-0.15, -0.1) is 0 Å². The van der Waals surface area contributed by atoms with Crippen LogP contribution in [0.25, 0.3) is 0 Å². The Bertz CT molecular complexity index is 1260. The van der Waals surface area contributed by atoms with Gasteiger partial charge in [-0.1, -0.05) is 30.3 Å². The van der Waals surface area contributed by atoms with Crippen molar-refractivity contribution in [3.05, 3.63) is 89.5 Å². The minimum atomic E-state index is -0.607. The van der Waals surface area contributed by atoms with Crippen LogP contribution < -0.4 is 0 Å². The number of methoxy groups -OCH3 is 1. The molecule has 3 aromatic rings. The van der Waals surface area contributed by atoms with Gasteiger partial charge >= 0.3 is 5.97 Å². The molecule has 0 saturated carbocycles. The second-order valence-corrected chi connectivity index (χ2v) is 10.7. The average molecular weight is 546 g/mol. The molecular weight excluding hydrogens is 510 g/mol. The molecule has 0 spiro atoms. The van der Waals surface area contributed by atoms with Gasteiger partial charge in [0.2, 0.25) is 0 Å². The van der Waals surface area contributed by atoms with Crippen molar-refractivity contribution >= 4 is 23.6 Å². The highest BCUT2D eigenvalue weighted by Crippen LogP contribution is 2.25. The average Bonchev–Trinajstić information content (AvgIpc) is 3.42. The third-order valence-corrected chi connectivity index (χ3v) is 7.77. The van der Waals surface area contributed by atoms with Gasteiger partial charge in [0, 0.05) is 44.0 Å². The number of rotatable bonds is 11. The number of thioether (sulfide) groups is 1. The van der Waals surface area contributed by atoms with E-state index in [4.69, 9.17) is 10.00 Å². The fourth-order valence-electron chi connectivity index (χ4n) is 5.08. The van der Waals surface area contributed by atoms with Gasteiger partial charge in [0.25, 0.3) is 5.91 Å². The van der Waals surface area contributed by atoms with Crippen LogP contribution >= 0.6 is 11.8 Å². The summed E-state index contributed by atoms with van der Waals surface area (Å²) in [5.74, 6) is 0.290. The number of amides is 1. The number of esters is 1. The fraction of sp³-hybridized carbons (Fsp3) is 0.400. The molecule has 0 radical (unpaired) electrons. The molecule has 0 unspecified atom stereocenters. The monoisotopic (exact) mass is 545 g/mol. The lowest BCUT2D eigenvalue weighted by Gasteiger charge is -2.41. The van der Waals surface area contributed by atoms with Crippen LogP contribution in [0.5, 0.6) is 0 Å². The number of hydrogen-bond acceptors (Lipinski definition) is 7. The van der Waals surface area contributed by atoms with Crippen LogP contribution in [-0.4, -0.2) is 75.5 Å². The van der Waals surface area contributed by atoms with E-state index < -0.39 is 6.04 Å². The summed E-state index contributed by atoms with van der Waals surface area (Å²) in [5.41, 5.74) is 3.35. The third kappa shape index (κ3) is 7.49. The predicted octanol–water partition coefficient (Wildman–Crippen LogP) is 4.20. The van der Waals surface area contributed by atoms with Crippen LogP contribution in [0.2, 0.25) is 0 Å². The fourth-order valence-corrected chi connectivity index (χ4v) is 5.54. The Hall–Kier alpha value is -3.61. The first-order valence-electron chi connectivity index (χ1n) is 13.2. The molecule has 0 bridgehead atoms. The van der Waals surface area contributed by atoms with Gasteiger partial charge in [-0.2, -0.15) is 17.0 Å². The van der Waals surface area contributed by atoms with E-state index in [-0.39, 0.29) is 17.9 Å². The molecule has 1 aliphatic rings. The standard InChI is InChI=1S/C30H35N5O3S/c1-38-30(37)28(14-17-39-2)35(29(36)25-6-4-3-5-7-25)27-12-15-33(16-13-27)20-26-21-34(22-32-26)19-24-10-8-23(18-31)9-11-24/h3-11,21-22,27-28H,12-17,19-20H2,1-2H3/t28-/m0/s1. The zero-order chi connectivity index (χ0) is 27.6. The van der Waals surface area contributed by atoms with Crippen LogP contribution in [0.3, 0.4) is 0 Å². The molecule has 1 saturated heterocycles. The van der Waals surface area contributed by atoms with Gasteiger partial charge in [0.1, 0.15) is 6.04 Å². The molecule has 1 aliphatic heterocycles. The lowest BCUT2D eigenvalue weighted by Crippen LogP contribution is -2.54. The van der Waals surface area contributed by atoms with Gasteiger partial charge in [0.15, 0.2) is 0 Å². The van der Waals surface area contributed by atoms with E-state index in [1.54, 1.807) is 16.7 Å². The number of aromatic nitrogens is 2. The largest absolute Gasteiger partial charge is 0.467 e. The Labute approximate surface area is 234 Å². The van der Waals surface area contributed by atoms with Crippen LogP contribution in [-0.2, 0) is 22.6 Å². The van der Waals surface area contributed by atoms with Crippen molar-refractivity contribution in [1.29, 1.82) is 5.26 Å². The van der Waals surface area contributed by atoms with Gasteiger partial charge < -0.3 is 14.2 Å². The van der Waals surface area contributed by atoms with Crippen molar-refractivity contribution in [3.63, 3.8) is 0 Å². The van der Waals surface area contributed by atoms with E-state index in [0.29, 0.717) is 24.1 Å². The first-order chi connectivity index (χ1) is 19.0. The van der Waals surface area contributed by atoms with Crippen molar-refractivity contribution in [2.75, 3.05) is 32.2 Å². The zero-order valence-corrected chi connectivity index (χ0v) is 23.3. The number of benzene rings is 2. The summed E-state index contributed by atoms with van der Waals surface area (Å²) in [6, 6.07) is 18.3. The number of nitrogens with zero attached hydrogens (tertiary/aromatic N) is 5. The highest BCUT2D eigenvalue weighted by atomic mass is 32.2. The van der Waals surface area contributed by atoms with E-state index in [0.717, 1.165) is 49.5 Å². The topological polar surface area (TPSA) is 91.5 Å². The zero-order valence-electron chi connectivity index (χ0n) is 22.5. The van der Waals surface area contributed by atoms with Crippen molar-refractivity contribution in [2.24, 2.45) is 0 Å². The maximum atomic E-state index is 13.7. The number of hydrogen-bond donors (Lipinski definition) is 0. The van der Waals surface area contributed by atoms with Crippen LogP contribution in [0, 0.1) is 11.3 Å². The number of nitriles is 1. The first-order valence-corrected chi connectivity index (χ1v) is 14.6. The Morgan fingerprint density at radius 1 is 1.13 bits per heavy atom. The van der Waals surface area contributed by atoms with E-state index >= 15 is 0 Å². The van der Waals surface area contributed by atoms with Crippen LogP contribution in [0.15, 0.2) is 67.1 Å². The normalized spacial score (nSPS) is 14.9. The molecule has 4 rings (SSSR count). The van der Waals surface area contributed by atoms with Crippen molar-refractivity contribution in [3.8, 4) is 6.07 Å². The lowest BCUT2D eigenvalue weighted by atomic mass is 9.98. The van der Waals surface area contributed by atoms with Gasteiger partial charge in [0.05, 0.1) is 30.8 Å². The minimum absolute atomic E-state index is 0.0474. The number of carbonyl (C=O) groups is 2. The molecule has 1 amide bonds. The molecule has 2 heterocycles. The summed E-state index contributed by atoms with van der Waals surface area (Å²) in [5, 5.41) is 8.99. The molecule has 2 aromatic carbocycles. The highest BCUT2D eigenvalue weighted by molar-refractivity contribution is 7.98. The van der Waals surface area contributed by atoms with Gasteiger partial charge in [-0.3, -0.25) is 9.69 Å². The summed E-state index contributed by atoms with van der Waals surface area (Å²) in [4.78, 5) is 35.3. The van der Waals surface area contributed by atoms with Crippen molar-refractivity contribution < 1.29 is 14.3 Å². The summed E-state index contributed by atoms with van der Waals surface area (Å²) in [7, 11) is 1.39. The number of likely N-dealkylation sites (tertiary alicyclic amines) is 1. The number of ether oxygens (including phenoxy) is 1. The van der Waals surface area contributed by atoms with E-state index in [9.17, 15) is 9.59 Å². The molecule has 1 atom stereocenters. The molecule has 9 heteroatoms. The maximum Gasteiger partial charge on any atom is 0.328 e. The molecule has 39 heavy (non-hydrogen) atoms. The second-order valence-electron chi connectivity index (χ2n) is 9.75. The Kier molecular flexibility index (Phi) is 10.2. The number of carbonyl (C=O) groups excluding carboxylic acids is 2. The molecule has 0 aliphatic carbocycles. The van der Waals surface area contributed by atoms with Crippen molar-refractivity contribution in [1.82, 2.24) is 19.4 Å².